The molecule has 2 nitrogen and oxygen atoms in total. The van der Waals surface area contributed by atoms with Crippen LogP contribution in [0.2, 0.25) is 0 Å². The molecule has 0 aromatic carbocycles. The normalized spacial score (nSPS) is 19.5. The first-order valence-corrected chi connectivity index (χ1v) is 4.40. The standard InChI is InChI=1S/C9H16O2/c1-3-7(2)6-11-9(10)8-4-5-8/h7-8H,3-6H2,1-2H3. The molecule has 0 radical (unpaired) electrons. The van der Waals surface area contributed by atoms with Crippen LogP contribution in [0.15, 0.2) is 0 Å². The quantitative estimate of drug-likeness (QED) is 0.582. The summed E-state index contributed by atoms with van der Waals surface area (Å²) in [6.07, 6.45) is 3.16. The lowest BCUT2D eigenvalue weighted by atomic mass is 10.1. The summed E-state index contributed by atoms with van der Waals surface area (Å²) in [7, 11) is 0. The van der Waals surface area contributed by atoms with E-state index in [4.69, 9.17) is 4.74 Å². The maximum Gasteiger partial charge on any atom is 0.308 e. The van der Waals surface area contributed by atoms with E-state index in [0.717, 1.165) is 19.3 Å². The van der Waals surface area contributed by atoms with Crippen LogP contribution in [0, 0.1) is 11.8 Å². The highest BCUT2D eigenvalue weighted by atomic mass is 16.5. The Labute approximate surface area is 67.9 Å². The molecule has 1 saturated carbocycles. The zero-order chi connectivity index (χ0) is 8.27. The molecule has 64 valence electrons. The average Bonchev–Trinajstić information content (AvgIpc) is 2.81. The van der Waals surface area contributed by atoms with Gasteiger partial charge in [0, 0.05) is 0 Å². The molecule has 0 saturated heterocycles. The van der Waals surface area contributed by atoms with Crippen molar-refractivity contribution in [1.29, 1.82) is 0 Å². The Hall–Kier alpha value is -0.530. The largest absolute Gasteiger partial charge is 0.465 e. The van der Waals surface area contributed by atoms with Crippen LogP contribution in [0.3, 0.4) is 0 Å². The van der Waals surface area contributed by atoms with Gasteiger partial charge in [0.05, 0.1) is 12.5 Å². The minimum absolute atomic E-state index is 0.0188. The molecule has 1 atom stereocenters. The molecule has 0 aromatic heterocycles. The number of carbonyl (C=O) groups excluding carboxylic acids is 1. The van der Waals surface area contributed by atoms with Crippen molar-refractivity contribution in [2.75, 3.05) is 6.61 Å². The fourth-order valence-corrected chi connectivity index (χ4v) is 0.779. The second kappa shape index (κ2) is 3.74. The summed E-state index contributed by atoms with van der Waals surface area (Å²) < 4.78 is 5.08. The molecule has 0 amide bonds. The molecule has 1 rings (SSSR count). The topological polar surface area (TPSA) is 26.3 Å². The molecule has 0 heterocycles. The number of rotatable bonds is 4. The molecule has 1 fully saturated rings. The molecule has 0 N–H and O–H groups in total. The van der Waals surface area contributed by atoms with E-state index in [0.29, 0.717) is 12.5 Å². The van der Waals surface area contributed by atoms with Crippen LogP contribution >= 0.6 is 0 Å². The van der Waals surface area contributed by atoms with Crippen LogP contribution in [0.5, 0.6) is 0 Å². The number of carbonyl (C=O) groups is 1. The Bertz CT molecular complexity index is 138. The molecular weight excluding hydrogens is 140 g/mol. The fourth-order valence-electron chi connectivity index (χ4n) is 0.779. The van der Waals surface area contributed by atoms with Gasteiger partial charge < -0.3 is 4.74 Å². The predicted octanol–water partition coefficient (Wildman–Crippen LogP) is 1.99. The van der Waals surface area contributed by atoms with Gasteiger partial charge in [0.25, 0.3) is 0 Å². The van der Waals surface area contributed by atoms with Crippen molar-refractivity contribution in [2.45, 2.75) is 33.1 Å². The number of esters is 1. The van der Waals surface area contributed by atoms with Crippen LogP contribution in [-0.4, -0.2) is 12.6 Å². The van der Waals surface area contributed by atoms with E-state index in [9.17, 15) is 4.79 Å². The van der Waals surface area contributed by atoms with Crippen LogP contribution < -0.4 is 0 Å². The van der Waals surface area contributed by atoms with Crippen molar-refractivity contribution >= 4 is 5.97 Å². The molecule has 0 spiro atoms. The second-order valence-electron chi connectivity index (χ2n) is 3.42. The van der Waals surface area contributed by atoms with E-state index in [2.05, 4.69) is 13.8 Å². The second-order valence-corrected chi connectivity index (χ2v) is 3.42. The fraction of sp³-hybridized carbons (Fsp3) is 0.889. The third kappa shape index (κ3) is 2.91. The highest BCUT2D eigenvalue weighted by Gasteiger charge is 2.31. The first-order valence-electron chi connectivity index (χ1n) is 4.40. The van der Waals surface area contributed by atoms with E-state index in [1.807, 2.05) is 0 Å². The highest BCUT2D eigenvalue weighted by Crippen LogP contribution is 2.30. The summed E-state index contributed by atoms with van der Waals surface area (Å²) in [5.41, 5.74) is 0. The minimum atomic E-state index is 0.0188. The zero-order valence-corrected chi connectivity index (χ0v) is 7.30. The van der Waals surface area contributed by atoms with Gasteiger partial charge in [0.15, 0.2) is 0 Å². The van der Waals surface area contributed by atoms with Gasteiger partial charge in [0.2, 0.25) is 0 Å². The first-order chi connectivity index (χ1) is 5.24. The Balaban J connectivity index is 2.05. The summed E-state index contributed by atoms with van der Waals surface area (Å²) in [6, 6.07) is 0. The molecule has 0 bridgehead atoms. The van der Waals surface area contributed by atoms with Gasteiger partial charge in [-0.15, -0.1) is 0 Å². The van der Waals surface area contributed by atoms with Crippen molar-refractivity contribution in [2.24, 2.45) is 11.8 Å². The molecule has 0 aliphatic heterocycles. The Morgan fingerprint density at radius 1 is 1.64 bits per heavy atom. The summed E-state index contributed by atoms with van der Waals surface area (Å²) in [5.74, 6) is 0.780. The lowest BCUT2D eigenvalue weighted by molar-refractivity contribution is -0.146. The summed E-state index contributed by atoms with van der Waals surface area (Å²) in [4.78, 5) is 11.0. The van der Waals surface area contributed by atoms with Gasteiger partial charge >= 0.3 is 5.97 Å². The molecule has 1 aliphatic rings. The van der Waals surface area contributed by atoms with Crippen LogP contribution in [0.1, 0.15) is 33.1 Å². The third-order valence-electron chi connectivity index (χ3n) is 2.12. The minimum Gasteiger partial charge on any atom is -0.465 e. The average molecular weight is 156 g/mol. The van der Waals surface area contributed by atoms with Gasteiger partial charge in [-0.25, -0.2) is 0 Å². The van der Waals surface area contributed by atoms with E-state index < -0.39 is 0 Å². The summed E-state index contributed by atoms with van der Waals surface area (Å²) in [6.45, 7) is 4.81. The van der Waals surface area contributed by atoms with Crippen LogP contribution in [0.4, 0.5) is 0 Å². The Morgan fingerprint density at radius 3 is 2.73 bits per heavy atom. The third-order valence-corrected chi connectivity index (χ3v) is 2.12. The van der Waals surface area contributed by atoms with Gasteiger partial charge in [0.1, 0.15) is 0 Å². The lowest BCUT2D eigenvalue weighted by Crippen LogP contribution is -2.12. The molecule has 1 unspecified atom stereocenters. The maximum atomic E-state index is 11.0. The monoisotopic (exact) mass is 156 g/mol. The zero-order valence-electron chi connectivity index (χ0n) is 7.30. The smallest absolute Gasteiger partial charge is 0.308 e. The van der Waals surface area contributed by atoms with E-state index in [1.54, 1.807) is 0 Å². The number of hydrogen-bond acceptors (Lipinski definition) is 2. The van der Waals surface area contributed by atoms with Crippen molar-refractivity contribution in [1.82, 2.24) is 0 Å². The van der Waals surface area contributed by atoms with Crippen LogP contribution in [-0.2, 0) is 9.53 Å². The van der Waals surface area contributed by atoms with Crippen molar-refractivity contribution in [3.63, 3.8) is 0 Å². The van der Waals surface area contributed by atoms with Gasteiger partial charge in [-0.2, -0.15) is 0 Å². The maximum absolute atomic E-state index is 11.0. The van der Waals surface area contributed by atoms with Crippen LogP contribution in [0.25, 0.3) is 0 Å². The Morgan fingerprint density at radius 2 is 2.27 bits per heavy atom. The molecule has 2 heteroatoms. The van der Waals surface area contributed by atoms with Gasteiger partial charge in [-0.1, -0.05) is 20.3 Å². The number of ether oxygens (including phenoxy) is 1. The highest BCUT2D eigenvalue weighted by molar-refractivity contribution is 5.74. The predicted molar refractivity (Wildman–Crippen MR) is 43.1 cm³/mol. The number of hydrogen-bond donors (Lipinski definition) is 0. The molecule has 0 aromatic rings. The van der Waals surface area contributed by atoms with E-state index in [1.165, 1.54) is 0 Å². The van der Waals surface area contributed by atoms with E-state index in [-0.39, 0.29) is 11.9 Å². The summed E-state index contributed by atoms with van der Waals surface area (Å²) >= 11 is 0. The Kier molecular flexibility index (Phi) is 2.92. The van der Waals surface area contributed by atoms with Crippen molar-refractivity contribution in [3.05, 3.63) is 0 Å². The van der Waals surface area contributed by atoms with E-state index >= 15 is 0 Å². The summed E-state index contributed by atoms with van der Waals surface area (Å²) in [5, 5.41) is 0. The van der Waals surface area contributed by atoms with Gasteiger partial charge in [-0.3, -0.25) is 4.79 Å². The molecule has 1 aliphatic carbocycles. The SMILES string of the molecule is CCC(C)COC(=O)C1CC1. The first kappa shape index (κ1) is 8.57. The molecule has 11 heavy (non-hydrogen) atoms. The van der Waals surface area contributed by atoms with Crippen molar-refractivity contribution < 1.29 is 9.53 Å². The lowest BCUT2D eigenvalue weighted by Gasteiger charge is -2.08. The van der Waals surface area contributed by atoms with Gasteiger partial charge in [-0.05, 0) is 18.8 Å². The molecular formula is C9H16O2. The van der Waals surface area contributed by atoms with Crippen molar-refractivity contribution in [3.8, 4) is 0 Å².